The molecular weight excluding hydrogens is 326 g/mol. The molecule has 0 atom stereocenters. The zero-order valence-electron chi connectivity index (χ0n) is 14.3. The van der Waals surface area contributed by atoms with Crippen molar-refractivity contribution in [2.75, 3.05) is 6.61 Å². The summed E-state index contributed by atoms with van der Waals surface area (Å²) < 4.78 is 13.7. The van der Waals surface area contributed by atoms with Crippen LogP contribution in [0.25, 0.3) is 11.0 Å². The zero-order valence-corrected chi connectivity index (χ0v) is 14.3. The number of imidazole rings is 1. The highest BCUT2D eigenvalue weighted by molar-refractivity contribution is 5.73. The highest BCUT2D eigenvalue weighted by atomic mass is 16.5. The van der Waals surface area contributed by atoms with E-state index in [1.54, 1.807) is 6.20 Å². The monoisotopic (exact) mass is 345 g/mol. The van der Waals surface area contributed by atoms with Gasteiger partial charge in [0.1, 0.15) is 17.2 Å². The molecule has 2 heterocycles. The van der Waals surface area contributed by atoms with Crippen LogP contribution in [0.5, 0.6) is 17.2 Å². The number of benzene rings is 2. The lowest BCUT2D eigenvalue weighted by Gasteiger charge is -2.09. The maximum Gasteiger partial charge on any atom is 0.127 e. The summed E-state index contributed by atoms with van der Waals surface area (Å²) in [5.74, 6) is 2.45. The van der Waals surface area contributed by atoms with E-state index in [2.05, 4.69) is 14.5 Å². The summed E-state index contributed by atoms with van der Waals surface area (Å²) in [5, 5.41) is 0. The number of rotatable bonds is 7. The topological polar surface area (TPSA) is 49.2 Å². The van der Waals surface area contributed by atoms with Gasteiger partial charge in [-0.1, -0.05) is 18.2 Å². The molecule has 0 unspecified atom stereocenters. The van der Waals surface area contributed by atoms with Crippen molar-refractivity contribution in [2.24, 2.45) is 0 Å². The van der Waals surface area contributed by atoms with Crippen LogP contribution in [0, 0.1) is 0 Å². The fourth-order valence-corrected chi connectivity index (χ4v) is 2.73. The first-order valence-electron chi connectivity index (χ1n) is 8.59. The third-order valence-electron chi connectivity index (χ3n) is 4.04. The van der Waals surface area contributed by atoms with Crippen LogP contribution in [0.1, 0.15) is 6.42 Å². The SMILES string of the molecule is c1ccc(Oc2ccc(OCCCn3cnc4ccncc43)cc2)cc1. The number of hydrogen-bond donors (Lipinski definition) is 0. The normalized spacial score (nSPS) is 10.8. The van der Waals surface area contributed by atoms with Gasteiger partial charge in [-0.05, 0) is 48.9 Å². The Balaban J connectivity index is 1.27. The Kier molecular flexibility index (Phi) is 4.78. The molecule has 4 rings (SSSR count). The van der Waals surface area contributed by atoms with E-state index in [4.69, 9.17) is 9.47 Å². The molecule has 0 spiro atoms. The molecule has 0 aliphatic heterocycles. The molecule has 5 heteroatoms. The largest absolute Gasteiger partial charge is 0.494 e. The van der Waals surface area contributed by atoms with Gasteiger partial charge in [-0.3, -0.25) is 4.98 Å². The van der Waals surface area contributed by atoms with E-state index in [0.717, 1.165) is 41.2 Å². The van der Waals surface area contributed by atoms with Crippen LogP contribution >= 0.6 is 0 Å². The van der Waals surface area contributed by atoms with Gasteiger partial charge in [-0.15, -0.1) is 0 Å². The minimum absolute atomic E-state index is 0.638. The second-order valence-corrected chi connectivity index (χ2v) is 5.89. The molecule has 0 fully saturated rings. The van der Waals surface area contributed by atoms with Crippen molar-refractivity contribution in [1.29, 1.82) is 0 Å². The highest BCUT2D eigenvalue weighted by Crippen LogP contribution is 2.23. The minimum Gasteiger partial charge on any atom is -0.494 e. The molecule has 0 bridgehead atoms. The van der Waals surface area contributed by atoms with E-state index in [-0.39, 0.29) is 0 Å². The third kappa shape index (κ3) is 3.83. The maximum atomic E-state index is 5.82. The average molecular weight is 345 g/mol. The van der Waals surface area contributed by atoms with Crippen LogP contribution in [0.15, 0.2) is 79.4 Å². The first-order valence-corrected chi connectivity index (χ1v) is 8.59. The van der Waals surface area contributed by atoms with Crippen LogP contribution in [-0.2, 0) is 6.54 Å². The van der Waals surface area contributed by atoms with Crippen molar-refractivity contribution in [2.45, 2.75) is 13.0 Å². The molecule has 0 saturated carbocycles. The number of aryl methyl sites for hydroxylation is 1. The highest BCUT2D eigenvalue weighted by Gasteiger charge is 2.02. The van der Waals surface area contributed by atoms with Gasteiger partial charge in [0.15, 0.2) is 0 Å². The van der Waals surface area contributed by atoms with E-state index >= 15 is 0 Å². The lowest BCUT2D eigenvalue weighted by Crippen LogP contribution is -2.03. The van der Waals surface area contributed by atoms with Crippen LogP contribution in [0.3, 0.4) is 0 Å². The molecule has 4 aromatic rings. The summed E-state index contributed by atoms with van der Waals surface area (Å²) >= 11 is 0. The molecule has 130 valence electrons. The van der Waals surface area contributed by atoms with Crippen molar-refractivity contribution in [3.05, 3.63) is 79.4 Å². The summed E-state index contributed by atoms with van der Waals surface area (Å²) in [7, 11) is 0. The maximum absolute atomic E-state index is 5.82. The molecule has 0 amide bonds. The zero-order chi connectivity index (χ0) is 17.6. The van der Waals surface area contributed by atoms with Crippen molar-refractivity contribution in [1.82, 2.24) is 14.5 Å². The number of hydrogen-bond acceptors (Lipinski definition) is 4. The molecule has 0 N–H and O–H groups in total. The number of ether oxygens (including phenoxy) is 2. The van der Waals surface area contributed by atoms with Crippen LogP contribution in [0.2, 0.25) is 0 Å². The minimum atomic E-state index is 0.638. The number of fused-ring (bicyclic) bond motifs is 1. The predicted molar refractivity (Wildman–Crippen MR) is 101 cm³/mol. The van der Waals surface area contributed by atoms with Gasteiger partial charge in [-0.2, -0.15) is 0 Å². The number of pyridine rings is 1. The van der Waals surface area contributed by atoms with E-state index in [9.17, 15) is 0 Å². The quantitative estimate of drug-likeness (QED) is 0.456. The van der Waals surface area contributed by atoms with Gasteiger partial charge in [0.25, 0.3) is 0 Å². The van der Waals surface area contributed by atoms with Gasteiger partial charge >= 0.3 is 0 Å². The van der Waals surface area contributed by atoms with E-state index in [1.807, 2.05) is 73.2 Å². The average Bonchev–Trinajstić information content (AvgIpc) is 3.11. The summed E-state index contributed by atoms with van der Waals surface area (Å²) in [5.41, 5.74) is 2.02. The Morgan fingerprint density at radius 2 is 1.62 bits per heavy atom. The molecule has 0 radical (unpaired) electrons. The summed E-state index contributed by atoms with van der Waals surface area (Å²) in [6.45, 7) is 1.48. The van der Waals surface area contributed by atoms with Crippen molar-refractivity contribution < 1.29 is 9.47 Å². The summed E-state index contributed by atoms with van der Waals surface area (Å²) in [4.78, 5) is 8.52. The molecule has 2 aromatic carbocycles. The molecule has 5 nitrogen and oxygen atoms in total. The Hall–Kier alpha value is -3.34. The first-order chi connectivity index (χ1) is 12.9. The van der Waals surface area contributed by atoms with Crippen molar-refractivity contribution in [3.8, 4) is 17.2 Å². The Labute approximate surface area is 151 Å². The molecule has 0 saturated heterocycles. The summed E-state index contributed by atoms with van der Waals surface area (Å²) in [6, 6.07) is 19.3. The third-order valence-corrected chi connectivity index (χ3v) is 4.04. The Morgan fingerprint density at radius 3 is 2.46 bits per heavy atom. The van der Waals surface area contributed by atoms with Crippen molar-refractivity contribution >= 4 is 11.0 Å². The fourth-order valence-electron chi connectivity index (χ4n) is 2.73. The Morgan fingerprint density at radius 1 is 0.846 bits per heavy atom. The summed E-state index contributed by atoms with van der Waals surface area (Å²) in [6.07, 6.45) is 6.34. The van der Waals surface area contributed by atoms with Gasteiger partial charge in [0.2, 0.25) is 0 Å². The van der Waals surface area contributed by atoms with Crippen LogP contribution in [0.4, 0.5) is 0 Å². The number of para-hydroxylation sites is 1. The predicted octanol–water partition coefficient (Wildman–Crippen LogP) is 4.69. The van der Waals surface area contributed by atoms with Gasteiger partial charge < -0.3 is 14.0 Å². The number of aromatic nitrogens is 3. The molecular formula is C21H19N3O2. The molecule has 0 aliphatic carbocycles. The molecule has 2 aromatic heterocycles. The van der Waals surface area contributed by atoms with Crippen LogP contribution < -0.4 is 9.47 Å². The lowest BCUT2D eigenvalue weighted by molar-refractivity contribution is 0.302. The molecule has 0 aliphatic rings. The van der Waals surface area contributed by atoms with Gasteiger partial charge in [0, 0.05) is 12.7 Å². The Bertz CT molecular complexity index is 965. The molecule has 26 heavy (non-hydrogen) atoms. The van der Waals surface area contributed by atoms with Crippen LogP contribution in [-0.4, -0.2) is 21.1 Å². The smallest absolute Gasteiger partial charge is 0.127 e. The van der Waals surface area contributed by atoms with E-state index < -0.39 is 0 Å². The second-order valence-electron chi connectivity index (χ2n) is 5.89. The van der Waals surface area contributed by atoms with Gasteiger partial charge in [0.05, 0.1) is 30.2 Å². The van der Waals surface area contributed by atoms with E-state index in [1.165, 1.54) is 0 Å². The lowest BCUT2D eigenvalue weighted by atomic mass is 10.3. The fraction of sp³-hybridized carbons (Fsp3) is 0.143. The van der Waals surface area contributed by atoms with E-state index in [0.29, 0.717) is 6.61 Å². The van der Waals surface area contributed by atoms with Crippen molar-refractivity contribution in [3.63, 3.8) is 0 Å². The van der Waals surface area contributed by atoms with Gasteiger partial charge in [-0.25, -0.2) is 4.98 Å². The standard InChI is InChI=1S/C21H19N3O2/c1-2-5-18(6-3-1)26-19-9-7-17(8-10-19)25-14-4-13-24-16-23-20-11-12-22-15-21(20)24/h1-3,5-12,15-16H,4,13-14H2. The number of nitrogens with zero attached hydrogens (tertiary/aromatic N) is 3. The second kappa shape index (κ2) is 7.70. The first kappa shape index (κ1) is 16.1.